The standard InChI is InChI=1S/C8H19NO3.BrH/c1-4-10-8(7-9,11-5-2)12-6-3;/h4-7,9H2,1-3H3;1H. The van der Waals surface area contributed by atoms with Gasteiger partial charge in [0.1, 0.15) is 0 Å². The van der Waals surface area contributed by atoms with E-state index in [9.17, 15) is 0 Å². The second-order valence-electron chi connectivity index (χ2n) is 2.19. The lowest BCUT2D eigenvalue weighted by Gasteiger charge is -2.30. The number of nitrogens with two attached hydrogens (primary N) is 1. The maximum Gasteiger partial charge on any atom is 0.295 e. The highest BCUT2D eigenvalue weighted by atomic mass is 79.9. The van der Waals surface area contributed by atoms with Crippen LogP contribution in [0.25, 0.3) is 0 Å². The van der Waals surface area contributed by atoms with Crippen LogP contribution in [0.5, 0.6) is 0 Å². The van der Waals surface area contributed by atoms with E-state index in [0.717, 1.165) is 0 Å². The smallest absolute Gasteiger partial charge is 0.295 e. The number of hydrogen-bond donors (Lipinski definition) is 1. The first-order valence-corrected chi connectivity index (χ1v) is 4.36. The average molecular weight is 258 g/mol. The van der Waals surface area contributed by atoms with Crippen molar-refractivity contribution < 1.29 is 14.2 Å². The second-order valence-corrected chi connectivity index (χ2v) is 2.19. The monoisotopic (exact) mass is 257 g/mol. The fourth-order valence-corrected chi connectivity index (χ4v) is 0.962. The van der Waals surface area contributed by atoms with E-state index in [1.165, 1.54) is 0 Å². The van der Waals surface area contributed by atoms with Gasteiger partial charge in [-0.05, 0) is 20.8 Å². The van der Waals surface area contributed by atoms with Crippen molar-refractivity contribution in [2.24, 2.45) is 5.73 Å². The largest absolute Gasteiger partial charge is 0.327 e. The van der Waals surface area contributed by atoms with Gasteiger partial charge in [0.15, 0.2) is 0 Å². The van der Waals surface area contributed by atoms with Crippen LogP contribution in [0.15, 0.2) is 0 Å². The summed E-state index contributed by atoms with van der Waals surface area (Å²) >= 11 is 0. The summed E-state index contributed by atoms with van der Waals surface area (Å²) in [6.45, 7) is 7.42. The molecule has 0 aliphatic rings. The van der Waals surface area contributed by atoms with Gasteiger partial charge in [0.2, 0.25) is 0 Å². The Morgan fingerprint density at radius 3 is 1.38 bits per heavy atom. The van der Waals surface area contributed by atoms with Crippen molar-refractivity contribution in [3.63, 3.8) is 0 Å². The predicted molar refractivity (Wildman–Crippen MR) is 57.0 cm³/mol. The van der Waals surface area contributed by atoms with Crippen LogP contribution >= 0.6 is 17.0 Å². The zero-order chi connectivity index (χ0) is 9.45. The molecule has 4 nitrogen and oxygen atoms in total. The normalized spacial score (nSPS) is 11.1. The number of ether oxygens (including phenoxy) is 3. The van der Waals surface area contributed by atoms with E-state index < -0.39 is 5.97 Å². The van der Waals surface area contributed by atoms with Crippen molar-refractivity contribution in [1.82, 2.24) is 0 Å². The van der Waals surface area contributed by atoms with Crippen LogP contribution in [0.1, 0.15) is 20.8 Å². The molecular formula is C8H20BrNO3. The van der Waals surface area contributed by atoms with Crippen molar-refractivity contribution in [2.75, 3.05) is 26.4 Å². The molecule has 0 saturated heterocycles. The van der Waals surface area contributed by atoms with Gasteiger partial charge in [0.25, 0.3) is 5.97 Å². The van der Waals surface area contributed by atoms with Crippen molar-refractivity contribution >= 4 is 17.0 Å². The van der Waals surface area contributed by atoms with Crippen LogP contribution in [0.3, 0.4) is 0 Å². The van der Waals surface area contributed by atoms with Crippen molar-refractivity contribution in [3.05, 3.63) is 0 Å². The highest BCUT2D eigenvalue weighted by Gasteiger charge is 2.30. The topological polar surface area (TPSA) is 53.7 Å². The molecule has 0 spiro atoms. The van der Waals surface area contributed by atoms with E-state index in [2.05, 4.69) is 0 Å². The Morgan fingerprint density at radius 2 is 1.23 bits per heavy atom. The van der Waals surface area contributed by atoms with Crippen molar-refractivity contribution in [1.29, 1.82) is 0 Å². The van der Waals surface area contributed by atoms with E-state index in [1.54, 1.807) is 0 Å². The minimum Gasteiger partial charge on any atom is -0.327 e. The first kappa shape index (κ1) is 15.8. The van der Waals surface area contributed by atoms with Gasteiger partial charge in [-0.25, -0.2) is 0 Å². The summed E-state index contributed by atoms with van der Waals surface area (Å²) in [6, 6.07) is 0. The minimum atomic E-state index is -1.03. The Balaban J connectivity index is 0. The third kappa shape index (κ3) is 5.59. The van der Waals surface area contributed by atoms with Gasteiger partial charge >= 0.3 is 0 Å². The Kier molecular flexibility index (Phi) is 10.8. The molecule has 0 bridgehead atoms. The third-order valence-electron chi connectivity index (χ3n) is 1.34. The highest BCUT2D eigenvalue weighted by molar-refractivity contribution is 8.93. The summed E-state index contributed by atoms with van der Waals surface area (Å²) in [4.78, 5) is 0. The predicted octanol–water partition coefficient (Wildman–Crippen LogP) is 1.29. The summed E-state index contributed by atoms with van der Waals surface area (Å²) in [5.41, 5.74) is 5.49. The molecule has 0 aromatic carbocycles. The maximum absolute atomic E-state index is 5.49. The Morgan fingerprint density at radius 1 is 0.923 bits per heavy atom. The molecule has 0 amide bonds. The summed E-state index contributed by atoms with van der Waals surface area (Å²) < 4.78 is 15.9. The van der Waals surface area contributed by atoms with Gasteiger partial charge in [-0.1, -0.05) is 0 Å². The van der Waals surface area contributed by atoms with Crippen LogP contribution in [0.2, 0.25) is 0 Å². The molecule has 0 unspecified atom stereocenters. The average Bonchev–Trinajstić information content (AvgIpc) is 2.06. The first-order valence-electron chi connectivity index (χ1n) is 4.36. The third-order valence-corrected chi connectivity index (χ3v) is 1.34. The summed E-state index contributed by atoms with van der Waals surface area (Å²) in [7, 11) is 0. The molecule has 0 radical (unpaired) electrons. The second kappa shape index (κ2) is 8.90. The van der Waals surface area contributed by atoms with E-state index in [1.807, 2.05) is 20.8 Å². The molecule has 2 N–H and O–H groups in total. The van der Waals surface area contributed by atoms with E-state index >= 15 is 0 Å². The molecular weight excluding hydrogens is 238 g/mol. The lowest BCUT2D eigenvalue weighted by Crippen LogP contribution is -2.46. The van der Waals surface area contributed by atoms with Crippen LogP contribution < -0.4 is 5.73 Å². The molecule has 5 heteroatoms. The van der Waals surface area contributed by atoms with Gasteiger partial charge in [-0.15, -0.1) is 17.0 Å². The van der Waals surface area contributed by atoms with Gasteiger partial charge in [-0.3, -0.25) is 0 Å². The highest BCUT2D eigenvalue weighted by Crippen LogP contribution is 2.13. The zero-order valence-electron chi connectivity index (χ0n) is 8.54. The molecule has 13 heavy (non-hydrogen) atoms. The molecule has 0 aromatic rings. The quantitative estimate of drug-likeness (QED) is 0.699. The molecule has 0 rings (SSSR count). The first-order chi connectivity index (χ1) is 5.74. The molecule has 0 aliphatic carbocycles. The van der Waals surface area contributed by atoms with Crippen molar-refractivity contribution in [2.45, 2.75) is 26.7 Å². The Labute approximate surface area is 90.5 Å². The number of rotatable bonds is 7. The molecule has 0 saturated carbocycles. The molecule has 0 fully saturated rings. The van der Waals surface area contributed by atoms with Crippen LogP contribution in [-0.2, 0) is 14.2 Å². The summed E-state index contributed by atoms with van der Waals surface area (Å²) in [6.07, 6.45) is 0. The van der Waals surface area contributed by atoms with Crippen LogP contribution in [0.4, 0.5) is 0 Å². The molecule has 0 aromatic heterocycles. The zero-order valence-corrected chi connectivity index (χ0v) is 10.3. The Hall–Kier alpha value is 0.320. The van der Waals surface area contributed by atoms with E-state index in [4.69, 9.17) is 19.9 Å². The van der Waals surface area contributed by atoms with E-state index in [0.29, 0.717) is 19.8 Å². The number of halogens is 1. The molecule has 0 aliphatic heterocycles. The molecule has 82 valence electrons. The van der Waals surface area contributed by atoms with Crippen LogP contribution in [0, 0.1) is 0 Å². The van der Waals surface area contributed by atoms with Crippen molar-refractivity contribution in [3.8, 4) is 0 Å². The van der Waals surface area contributed by atoms with Gasteiger partial charge in [-0.2, -0.15) is 0 Å². The fraction of sp³-hybridized carbons (Fsp3) is 1.00. The minimum absolute atomic E-state index is 0. The maximum atomic E-state index is 5.49. The van der Waals surface area contributed by atoms with Gasteiger partial charge in [0.05, 0.1) is 6.54 Å². The van der Waals surface area contributed by atoms with E-state index in [-0.39, 0.29) is 23.5 Å². The SMILES string of the molecule is Br.CCOC(CN)(OCC)OCC. The van der Waals surface area contributed by atoms with Crippen LogP contribution in [-0.4, -0.2) is 32.3 Å². The molecule has 0 atom stereocenters. The lowest BCUT2D eigenvalue weighted by atomic mass is 10.5. The summed E-state index contributed by atoms with van der Waals surface area (Å²) in [5.74, 6) is -1.03. The lowest BCUT2D eigenvalue weighted by molar-refractivity contribution is -0.370. The van der Waals surface area contributed by atoms with Gasteiger partial charge < -0.3 is 19.9 Å². The van der Waals surface area contributed by atoms with Gasteiger partial charge in [0, 0.05) is 19.8 Å². The fourth-order valence-electron chi connectivity index (χ4n) is 0.962. The summed E-state index contributed by atoms with van der Waals surface area (Å²) in [5, 5.41) is 0. The number of hydrogen-bond acceptors (Lipinski definition) is 4. The molecule has 0 heterocycles. The Bertz CT molecular complexity index is 96.5.